The van der Waals surface area contributed by atoms with Crippen molar-refractivity contribution in [2.24, 2.45) is 0 Å². The second-order valence-corrected chi connectivity index (χ2v) is 3.91. The van der Waals surface area contributed by atoms with Crippen LogP contribution in [0.5, 0.6) is 0 Å². The zero-order valence-corrected chi connectivity index (χ0v) is 8.71. The van der Waals surface area contributed by atoms with Gasteiger partial charge >= 0.3 is 0 Å². The second-order valence-electron chi connectivity index (χ2n) is 2.97. The number of hydrogen-bond donors (Lipinski definition) is 1. The molecule has 13 heavy (non-hydrogen) atoms. The Hall–Kier alpha value is -0.730. The summed E-state index contributed by atoms with van der Waals surface area (Å²) in [6.07, 6.45) is -0.351. The number of aliphatic hydroxyl groups excluding tert-OH is 1. The van der Waals surface area contributed by atoms with Gasteiger partial charge in [0.15, 0.2) is 0 Å². The Morgan fingerprint density at radius 3 is 2.54 bits per heavy atom. The van der Waals surface area contributed by atoms with Crippen molar-refractivity contribution in [3.8, 4) is 0 Å². The van der Waals surface area contributed by atoms with E-state index in [1.165, 1.54) is 4.90 Å². The Kier molecular flexibility index (Phi) is 4.06. The van der Waals surface area contributed by atoms with Gasteiger partial charge in [-0.15, -0.1) is 0 Å². The molecule has 0 aliphatic heterocycles. The summed E-state index contributed by atoms with van der Waals surface area (Å²) in [5.74, 6) is 0. The van der Waals surface area contributed by atoms with Crippen LogP contribution in [-0.2, 0) is 0 Å². The maximum absolute atomic E-state index is 9.22. The average molecular weight is 194 g/mol. The highest BCUT2D eigenvalue weighted by molar-refractivity contribution is 8.02. The lowest BCUT2D eigenvalue weighted by molar-refractivity contribution is 0.232. The highest BCUT2D eigenvalue weighted by Gasteiger charge is 1.97. The van der Waals surface area contributed by atoms with Gasteiger partial charge in [-0.2, -0.15) is 0 Å². The number of benzene rings is 1. The molecule has 0 aliphatic rings. The van der Waals surface area contributed by atoms with Gasteiger partial charge in [-0.3, -0.25) is 0 Å². The van der Waals surface area contributed by atoms with E-state index in [1.807, 2.05) is 30.5 Å². The Balaban J connectivity index is 2.57. The van der Waals surface area contributed by atoms with E-state index in [0.29, 0.717) is 0 Å². The Morgan fingerprint density at radius 2 is 2.00 bits per heavy atom. The van der Waals surface area contributed by atoms with Crippen molar-refractivity contribution in [1.29, 1.82) is 0 Å². The van der Waals surface area contributed by atoms with Crippen LogP contribution >= 0.6 is 11.8 Å². The molecule has 0 radical (unpaired) electrons. The zero-order chi connectivity index (χ0) is 9.68. The molecule has 2 heteroatoms. The first-order valence-electron chi connectivity index (χ1n) is 4.26. The maximum Gasteiger partial charge on any atom is 0.0727 e. The largest absolute Gasteiger partial charge is 0.389 e. The van der Waals surface area contributed by atoms with Crippen LogP contribution in [0, 0.1) is 0 Å². The molecule has 0 amide bonds. The standard InChI is InChI=1S/C11H14OS/c1-9(10(2)12)8-13-11-6-4-3-5-7-11/h3-8,10,12H,1-2H3/b9-8+/t10-/m1/s1. The van der Waals surface area contributed by atoms with Gasteiger partial charge in [0.25, 0.3) is 0 Å². The van der Waals surface area contributed by atoms with E-state index >= 15 is 0 Å². The van der Waals surface area contributed by atoms with Gasteiger partial charge in [-0.05, 0) is 37.0 Å². The first-order valence-corrected chi connectivity index (χ1v) is 5.14. The Labute approximate surface area is 83.5 Å². The molecule has 0 saturated heterocycles. The lowest BCUT2D eigenvalue weighted by atomic mass is 10.2. The molecule has 0 aliphatic carbocycles. The van der Waals surface area contributed by atoms with Gasteiger partial charge in [-0.25, -0.2) is 0 Å². The van der Waals surface area contributed by atoms with Gasteiger partial charge < -0.3 is 5.11 Å². The van der Waals surface area contributed by atoms with Crippen LogP contribution in [0.4, 0.5) is 0 Å². The molecule has 1 atom stereocenters. The highest BCUT2D eigenvalue weighted by Crippen LogP contribution is 2.20. The third kappa shape index (κ3) is 3.66. The second kappa shape index (κ2) is 5.10. The summed E-state index contributed by atoms with van der Waals surface area (Å²) in [7, 11) is 0. The molecule has 0 aromatic heterocycles. The first-order chi connectivity index (χ1) is 6.20. The van der Waals surface area contributed by atoms with Gasteiger partial charge in [0.05, 0.1) is 6.10 Å². The summed E-state index contributed by atoms with van der Waals surface area (Å²) in [5, 5.41) is 11.2. The third-order valence-corrected chi connectivity index (χ3v) is 2.82. The van der Waals surface area contributed by atoms with Crippen LogP contribution in [0.1, 0.15) is 13.8 Å². The van der Waals surface area contributed by atoms with E-state index in [9.17, 15) is 5.11 Å². The molecule has 1 aromatic rings. The predicted molar refractivity (Wildman–Crippen MR) is 57.7 cm³/mol. The summed E-state index contributed by atoms with van der Waals surface area (Å²) < 4.78 is 0. The van der Waals surface area contributed by atoms with E-state index in [1.54, 1.807) is 18.7 Å². The van der Waals surface area contributed by atoms with Crippen LogP contribution in [-0.4, -0.2) is 11.2 Å². The van der Waals surface area contributed by atoms with E-state index in [-0.39, 0.29) is 6.10 Å². The van der Waals surface area contributed by atoms with Gasteiger partial charge in [0.2, 0.25) is 0 Å². The predicted octanol–water partition coefficient (Wildman–Crippen LogP) is 3.06. The highest BCUT2D eigenvalue weighted by atomic mass is 32.2. The molecule has 1 N–H and O–H groups in total. The van der Waals surface area contributed by atoms with Crippen molar-refractivity contribution in [2.45, 2.75) is 24.8 Å². The van der Waals surface area contributed by atoms with Crippen LogP contribution in [0.15, 0.2) is 46.2 Å². The summed E-state index contributed by atoms with van der Waals surface area (Å²) in [4.78, 5) is 1.20. The van der Waals surface area contributed by atoms with Crippen molar-refractivity contribution in [2.75, 3.05) is 0 Å². The Bertz CT molecular complexity index is 277. The minimum atomic E-state index is -0.351. The first kappa shape index (κ1) is 10.4. The topological polar surface area (TPSA) is 20.2 Å². The average Bonchev–Trinajstić information content (AvgIpc) is 2.15. The zero-order valence-electron chi connectivity index (χ0n) is 7.90. The fourth-order valence-electron chi connectivity index (χ4n) is 0.759. The molecule has 0 saturated carbocycles. The van der Waals surface area contributed by atoms with Crippen LogP contribution in [0.2, 0.25) is 0 Å². The minimum absolute atomic E-state index is 0.351. The van der Waals surface area contributed by atoms with Crippen molar-refractivity contribution in [3.05, 3.63) is 41.3 Å². The van der Waals surface area contributed by atoms with E-state index < -0.39 is 0 Å². The lowest BCUT2D eigenvalue weighted by Crippen LogP contribution is -1.99. The molecule has 1 aromatic carbocycles. The molecule has 0 bridgehead atoms. The fourth-order valence-corrected chi connectivity index (χ4v) is 1.59. The molecule has 0 unspecified atom stereocenters. The fraction of sp³-hybridized carbons (Fsp3) is 0.273. The molecule has 70 valence electrons. The third-order valence-electron chi connectivity index (χ3n) is 1.78. The van der Waals surface area contributed by atoms with Gasteiger partial charge in [0.1, 0.15) is 0 Å². The number of rotatable bonds is 3. The van der Waals surface area contributed by atoms with Crippen molar-refractivity contribution in [3.63, 3.8) is 0 Å². The monoisotopic (exact) mass is 194 g/mol. The number of thioether (sulfide) groups is 1. The van der Waals surface area contributed by atoms with Crippen LogP contribution < -0.4 is 0 Å². The maximum atomic E-state index is 9.22. The van der Waals surface area contributed by atoms with Crippen molar-refractivity contribution in [1.82, 2.24) is 0 Å². The minimum Gasteiger partial charge on any atom is -0.389 e. The van der Waals surface area contributed by atoms with Crippen molar-refractivity contribution >= 4 is 11.8 Å². The molecular formula is C11H14OS. The SMILES string of the molecule is C/C(=C\Sc1ccccc1)[C@@H](C)O. The summed E-state index contributed by atoms with van der Waals surface area (Å²) in [5.41, 5.74) is 0.994. The summed E-state index contributed by atoms with van der Waals surface area (Å²) >= 11 is 1.63. The van der Waals surface area contributed by atoms with E-state index in [2.05, 4.69) is 12.1 Å². The van der Waals surface area contributed by atoms with E-state index in [0.717, 1.165) is 5.57 Å². The quantitative estimate of drug-likeness (QED) is 0.746. The van der Waals surface area contributed by atoms with E-state index in [4.69, 9.17) is 0 Å². The van der Waals surface area contributed by atoms with Crippen LogP contribution in [0.25, 0.3) is 0 Å². The molecule has 0 fully saturated rings. The molecular weight excluding hydrogens is 180 g/mol. The molecule has 1 rings (SSSR count). The van der Waals surface area contributed by atoms with Crippen LogP contribution in [0.3, 0.4) is 0 Å². The molecule has 0 heterocycles. The lowest BCUT2D eigenvalue weighted by Gasteiger charge is -2.03. The Morgan fingerprint density at radius 1 is 1.38 bits per heavy atom. The molecule has 0 spiro atoms. The summed E-state index contributed by atoms with van der Waals surface area (Å²) in [6, 6.07) is 10.1. The van der Waals surface area contributed by atoms with Gasteiger partial charge in [-0.1, -0.05) is 30.0 Å². The summed E-state index contributed by atoms with van der Waals surface area (Å²) in [6.45, 7) is 3.71. The smallest absolute Gasteiger partial charge is 0.0727 e. The van der Waals surface area contributed by atoms with Gasteiger partial charge in [0, 0.05) is 4.90 Å². The van der Waals surface area contributed by atoms with Crippen molar-refractivity contribution < 1.29 is 5.11 Å². The normalized spacial score (nSPS) is 14.2. The molecule has 1 nitrogen and oxygen atoms in total. The number of aliphatic hydroxyl groups is 1. The number of hydrogen-bond acceptors (Lipinski definition) is 2.